The van der Waals surface area contributed by atoms with Crippen molar-refractivity contribution in [1.82, 2.24) is 4.90 Å². The summed E-state index contributed by atoms with van der Waals surface area (Å²) in [5.74, 6) is 0.292. The van der Waals surface area contributed by atoms with Crippen LogP contribution in [0.3, 0.4) is 0 Å². The quantitative estimate of drug-likeness (QED) is 0.412. The maximum Gasteiger partial charge on any atom is 1.00 e. The maximum absolute atomic E-state index is 10.5. The van der Waals surface area contributed by atoms with Gasteiger partial charge in [-0.05, 0) is 6.42 Å². The van der Waals surface area contributed by atoms with Crippen LogP contribution in [-0.2, 0) is 4.79 Å². The van der Waals surface area contributed by atoms with Gasteiger partial charge in [0.15, 0.2) is 0 Å². The first-order valence-corrected chi connectivity index (χ1v) is 4.25. The molecule has 0 N–H and O–H groups in total. The Hall–Kier alpha value is 1.07. The molecule has 13 heavy (non-hydrogen) atoms. The third kappa shape index (κ3) is 13.1. The zero-order valence-corrected chi connectivity index (χ0v) is 12.5. The number of carbonyl (C=O) groups excluding carboxylic acids is 1. The van der Waals surface area contributed by atoms with Gasteiger partial charge in [0.1, 0.15) is 0 Å². The number of hydrogen-bond acceptors (Lipinski definition) is 2. The second-order valence-electron chi connectivity index (χ2n) is 4.03. The smallest absolute Gasteiger partial charge is 0.850 e. The number of nitrogens with zero attached hydrogens (tertiary/aromatic N) is 1. The molecule has 0 bridgehead atoms. The number of rotatable bonds is 0. The molecule has 0 aliphatic carbocycles. The van der Waals surface area contributed by atoms with E-state index in [4.69, 9.17) is 0 Å². The molecule has 0 aromatic rings. The molecule has 0 radical (unpaired) electrons. The van der Waals surface area contributed by atoms with Gasteiger partial charge < -0.3 is 10.0 Å². The van der Waals surface area contributed by atoms with Crippen LogP contribution in [0.2, 0.25) is 0 Å². The van der Waals surface area contributed by atoms with E-state index in [0.717, 1.165) is 19.4 Å². The molecule has 1 saturated heterocycles. The summed E-state index contributed by atoms with van der Waals surface area (Å²) in [4.78, 5) is 12.3. The van der Waals surface area contributed by atoms with E-state index < -0.39 is 5.60 Å². The maximum atomic E-state index is 10.5. The Morgan fingerprint density at radius 2 is 1.77 bits per heavy atom. The van der Waals surface area contributed by atoms with Crippen LogP contribution in [0.4, 0.5) is 0 Å². The Bertz CT molecular complexity index is 148. The van der Waals surface area contributed by atoms with Crippen LogP contribution >= 0.6 is 0 Å². The number of amides is 1. The molecule has 0 atom stereocenters. The van der Waals surface area contributed by atoms with Gasteiger partial charge in [0.25, 0.3) is 0 Å². The van der Waals surface area contributed by atoms with Crippen molar-refractivity contribution in [2.45, 2.75) is 39.2 Å². The minimum absolute atomic E-state index is 0. The summed E-state index contributed by atoms with van der Waals surface area (Å²) in [5.41, 5.74) is -0.750. The Morgan fingerprint density at radius 3 is 1.85 bits per heavy atom. The predicted molar refractivity (Wildman–Crippen MR) is 46.6 cm³/mol. The van der Waals surface area contributed by atoms with Crippen LogP contribution < -0.4 is 56.5 Å². The molecular formula is C9H18KNO2. The molecule has 1 fully saturated rings. The molecule has 1 heterocycles. The minimum Gasteiger partial charge on any atom is -0.850 e. The zero-order valence-electron chi connectivity index (χ0n) is 9.39. The largest absolute Gasteiger partial charge is 1.00 e. The molecule has 1 amide bonds. The average Bonchev–Trinajstić information content (AvgIpc) is 2.12. The van der Waals surface area contributed by atoms with E-state index in [1.807, 2.05) is 7.05 Å². The van der Waals surface area contributed by atoms with E-state index >= 15 is 0 Å². The molecular weight excluding hydrogens is 193 g/mol. The fourth-order valence-electron chi connectivity index (χ4n) is 0.783. The van der Waals surface area contributed by atoms with Crippen molar-refractivity contribution in [3.8, 4) is 0 Å². The van der Waals surface area contributed by atoms with Gasteiger partial charge in [0.05, 0.1) is 0 Å². The van der Waals surface area contributed by atoms with Crippen LogP contribution in [0.5, 0.6) is 0 Å². The van der Waals surface area contributed by atoms with E-state index in [1.165, 1.54) is 0 Å². The predicted octanol–water partition coefficient (Wildman–Crippen LogP) is -2.61. The van der Waals surface area contributed by atoms with Gasteiger partial charge in [0, 0.05) is 20.0 Å². The van der Waals surface area contributed by atoms with E-state index in [9.17, 15) is 9.90 Å². The standard InChI is InChI=1S/C5H9NO.C4H9O.K/c1-6-4-2-3-5(6)7;1-4(2,3)5;/h2-4H2,1H3;1-3H3;/q;-1;+1. The van der Waals surface area contributed by atoms with Crippen molar-refractivity contribution in [2.75, 3.05) is 13.6 Å². The van der Waals surface area contributed by atoms with Crippen LogP contribution in [0.25, 0.3) is 0 Å². The summed E-state index contributed by atoms with van der Waals surface area (Å²) in [5, 5.41) is 10.1. The van der Waals surface area contributed by atoms with Crippen molar-refractivity contribution < 1.29 is 61.3 Å². The monoisotopic (exact) mass is 211 g/mol. The van der Waals surface area contributed by atoms with Gasteiger partial charge in [-0.25, -0.2) is 0 Å². The van der Waals surface area contributed by atoms with Crippen molar-refractivity contribution in [3.63, 3.8) is 0 Å². The van der Waals surface area contributed by atoms with Crippen LogP contribution in [0.15, 0.2) is 0 Å². The third-order valence-corrected chi connectivity index (χ3v) is 1.31. The van der Waals surface area contributed by atoms with Crippen molar-refractivity contribution in [1.29, 1.82) is 0 Å². The fourth-order valence-corrected chi connectivity index (χ4v) is 0.783. The summed E-state index contributed by atoms with van der Waals surface area (Å²) >= 11 is 0. The Balaban J connectivity index is 0. The summed E-state index contributed by atoms with van der Waals surface area (Å²) in [7, 11) is 1.84. The van der Waals surface area contributed by atoms with E-state index in [1.54, 1.807) is 25.7 Å². The molecule has 1 aliphatic heterocycles. The van der Waals surface area contributed by atoms with E-state index in [-0.39, 0.29) is 51.4 Å². The minimum atomic E-state index is -0.750. The van der Waals surface area contributed by atoms with Crippen LogP contribution in [0, 0.1) is 0 Å². The van der Waals surface area contributed by atoms with Gasteiger partial charge in [-0.3, -0.25) is 4.79 Å². The molecule has 1 aliphatic rings. The molecule has 0 spiro atoms. The second kappa shape index (κ2) is 7.37. The molecule has 0 unspecified atom stereocenters. The molecule has 72 valence electrons. The topological polar surface area (TPSA) is 43.4 Å². The summed E-state index contributed by atoms with van der Waals surface area (Å²) < 4.78 is 0. The molecule has 1 rings (SSSR count). The molecule has 0 aromatic carbocycles. The first-order chi connectivity index (χ1) is 5.30. The Kier molecular flexibility index (Phi) is 9.35. The Morgan fingerprint density at radius 1 is 1.38 bits per heavy atom. The third-order valence-electron chi connectivity index (χ3n) is 1.31. The SMILES string of the molecule is CC(C)(C)[O-].CN1CCCC1=O.[K+]. The van der Waals surface area contributed by atoms with Crippen LogP contribution in [0.1, 0.15) is 33.6 Å². The summed E-state index contributed by atoms with van der Waals surface area (Å²) in [6.45, 7) is 5.85. The normalized spacial score (nSPS) is 16.1. The van der Waals surface area contributed by atoms with Crippen molar-refractivity contribution >= 4 is 5.91 Å². The number of hydrogen-bond donors (Lipinski definition) is 0. The average molecular weight is 211 g/mol. The molecule has 0 saturated carbocycles. The van der Waals surface area contributed by atoms with Gasteiger partial charge in [-0.1, -0.05) is 20.8 Å². The molecule has 3 nitrogen and oxygen atoms in total. The molecule has 4 heteroatoms. The van der Waals surface area contributed by atoms with E-state index in [2.05, 4.69) is 0 Å². The van der Waals surface area contributed by atoms with Gasteiger partial charge in [-0.15, -0.1) is 5.60 Å². The zero-order chi connectivity index (χ0) is 9.78. The molecule has 0 aromatic heterocycles. The Labute approximate surface area is 123 Å². The number of carbonyl (C=O) groups is 1. The summed E-state index contributed by atoms with van der Waals surface area (Å²) in [6, 6.07) is 0. The van der Waals surface area contributed by atoms with Gasteiger partial charge in [-0.2, -0.15) is 0 Å². The fraction of sp³-hybridized carbons (Fsp3) is 0.889. The second-order valence-corrected chi connectivity index (χ2v) is 4.03. The van der Waals surface area contributed by atoms with E-state index in [0.29, 0.717) is 5.91 Å². The first kappa shape index (κ1) is 16.5. The van der Waals surface area contributed by atoms with Crippen LogP contribution in [-0.4, -0.2) is 30.0 Å². The van der Waals surface area contributed by atoms with Gasteiger partial charge in [0.2, 0.25) is 5.91 Å². The van der Waals surface area contributed by atoms with Gasteiger partial charge >= 0.3 is 51.4 Å². The van der Waals surface area contributed by atoms with Crippen molar-refractivity contribution in [2.24, 2.45) is 0 Å². The first-order valence-electron chi connectivity index (χ1n) is 4.25. The van der Waals surface area contributed by atoms with Crippen molar-refractivity contribution in [3.05, 3.63) is 0 Å². The summed E-state index contributed by atoms with van der Waals surface area (Å²) in [6.07, 6.45) is 1.81. The number of likely N-dealkylation sites (tertiary alicyclic amines) is 1.